The van der Waals surface area contributed by atoms with Gasteiger partial charge in [0.05, 0.1) is 7.11 Å². The standard InChI is InChI=1S/C23H24ClFIN5O6/c1-13(26)37-18-8-7-16(9-17(18)25)28-21-29-22(34)31(12-19(32)27-10-20(33)36-2)23(35)30(21)11-14-3-5-15(24)6-4-14/h3,5-9,13-14H,4,10-12H2,1-2H3,(H,27,32)(H,28,29,34). The molecule has 2 unspecified atom stereocenters. The van der Waals surface area contributed by atoms with Crippen molar-refractivity contribution >= 4 is 57.7 Å². The second-order valence-electron chi connectivity index (χ2n) is 7.93. The molecule has 0 saturated carbocycles. The molecule has 1 aliphatic rings. The van der Waals surface area contributed by atoms with Crippen molar-refractivity contribution in [1.82, 2.24) is 19.4 Å². The van der Waals surface area contributed by atoms with Gasteiger partial charge in [-0.25, -0.2) is 18.5 Å². The number of hydrogen-bond donors (Lipinski definition) is 2. The van der Waals surface area contributed by atoms with Gasteiger partial charge in [0.25, 0.3) is 0 Å². The van der Waals surface area contributed by atoms with Gasteiger partial charge < -0.3 is 20.1 Å². The van der Waals surface area contributed by atoms with Crippen molar-refractivity contribution in [3.63, 3.8) is 0 Å². The summed E-state index contributed by atoms with van der Waals surface area (Å²) < 4.78 is 25.9. The molecule has 1 aliphatic carbocycles. The topological polar surface area (TPSA) is 134 Å². The smallest absolute Gasteiger partial charge is 0.355 e. The number of anilines is 2. The minimum absolute atomic E-state index is 0.0437. The molecular formula is C23H24ClFIN5O6. The number of rotatable bonds is 10. The Kier molecular flexibility index (Phi) is 9.86. The summed E-state index contributed by atoms with van der Waals surface area (Å²) in [6.07, 6.45) is 5.82. The lowest BCUT2D eigenvalue weighted by molar-refractivity contribution is -0.141. The Labute approximate surface area is 229 Å². The molecule has 2 N–H and O–H groups in total. The number of nitrogens with one attached hydrogen (secondary N) is 2. The molecule has 0 spiro atoms. The normalized spacial score (nSPS) is 15.5. The molecule has 11 nitrogen and oxygen atoms in total. The van der Waals surface area contributed by atoms with Crippen molar-refractivity contribution in [2.45, 2.75) is 30.5 Å². The highest BCUT2D eigenvalue weighted by Crippen LogP contribution is 2.25. The molecule has 3 rings (SSSR count). The van der Waals surface area contributed by atoms with E-state index >= 15 is 0 Å². The van der Waals surface area contributed by atoms with Gasteiger partial charge in [0, 0.05) is 23.3 Å². The number of ether oxygens (including phenoxy) is 2. The number of allylic oxidation sites excluding steroid dienone is 4. The minimum atomic E-state index is -1.00. The number of alkyl halides is 1. The van der Waals surface area contributed by atoms with Crippen molar-refractivity contribution in [2.24, 2.45) is 5.92 Å². The molecule has 2 atom stereocenters. The number of aromatic nitrogens is 3. The van der Waals surface area contributed by atoms with Crippen LogP contribution in [0.4, 0.5) is 16.0 Å². The van der Waals surface area contributed by atoms with Gasteiger partial charge >= 0.3 is 17.3 Å². The van der Waals surface area contributed by atoms with Crippen LogP contribution in [0.3, 0.4) is 0 Å². The van der Waals surface area contributed by atoms with Gasteiger partial charge in [0.15, 0.2) is 11.6 Å². The quantitative estimate of drug-likeness (QED) is 0.228. The predicted molar refractivity (Wildman–Crippen MR) is 143 cm³/mol. The summed E-state index contributed by atoms with van der Waals surface area (Å²) in [5.41, 5.74) is -1.59. The second kappa shape index (κ2) is 12.9. The number of carbonyl (C=O) groups is 2. The van der Waals surface area contributed by atoms with E-state index in [-0.39, 0.29) is 34.0 Å². The maximum Gasteiger partial charge on any atom is 0.355 e. The van der Waals surface area contributed by atoms with Crippen molar-refractivity contribution in [2.75, 3.05) is 19.0 Å². The van der Waals surface area contributed by atoms with Crippen molar-refractivity contribution in [3.8, 4) is 5.75 Å². The fourth-order valence-electron chi connectivity index (χ4n) is 3.35. The summed E-state index contributed by atoms with van der Waals surface area (Å²) in [6, 6.07) is 4.08. The molecule has 14 heteroatoms. The van der Waals surface area contributed by atoms with E-state index < -0.39 is 42.2 Å². The molecule has 1 heterocycles. The van der Waals surface area contributed by atoms with Crippen molar-refractivity contribution in [1.29, 1.82) is 0 Å². The first-order valence-corrected chi connectivity index (χ1v) is 12.7. The number of carbonyl (C=O) groups excluding carboxylic acids is 2. The number of esters is 1. The van der Waals surface area contributed by atoms with E-state index in [0.29, 0.717) is 16.0 Å². The molecule has 1 aromatic carbocycles. The fourth-order valence-corrected chi connectivity index (χ4v) is 3.79. The maximum absolute atomic E-state index is 14.5. The van der Waals surface area contributed by atoms with Gasteiger partial charge in [-0.2, -0.15) is 4.98 Å². The second-order valence-corrected chi connectivity index (χ2v) is 10.1. The third kappa shape index (κ3) is 7.89. The number of halogens is 3. The lowest BCUT2D eigenvalue weighted by Crippen LogP contribution is -2.46. The first-order valence-electron chi connectivity index (χ1n) is 11.0. The highest BCUT2D eigenvalue weighted by atomic mass is 127. The molecule has 0 radical (unpaired) electrons. The summed E-state index contributed by atoms with van der Waals surface area (Å²) >= 11 is 7.98. The Hall–Kier alpha value is -3.20. The summed E-state index contributed by atoms with van der Waals surface area (Å²) in [4.78, 5) is 53.5. The average molecular weight is 648 g/mol. The van der Waals surface area contributed by atoms with E-state index in [0.717, 1.165) is 13.2 Å². The highest BCUT2D eigenvalue weighted by molar-refractivity contribution is 14.1. The Balaban J connectivity index is 1.94. The molecule has 2 aromatic rings. The van der Waals surface area contributed by atoms with Crippen LogP contribution in [-0.2, 0) is 27.4 Å². The Bertz CT molecular complexity index is 1360. The molecule has 37 heavy (non-hydrogen) atoms. The van der Waals surface area contributed by atoms with E-state index in [2.05, 4.69) is 20.4 Å². The van der Waals surface area contributed by atoms with E-state index in [1.165, 1.54) is 16.7 Å². The monoisotopic (exact) mass is 647 g/mol. The van der Waals surface area contributed by atoms with Crippen LogP contribution in [0, 0.1) is 11.7 Å². The molecule has 0 aliphatic heterocycles. The molecule has 198 valence electrons. The fraction of sp³-hybridized carbons (Fsp3) is 0.348. The molecular weight excluding hydrogens is 624 g/mol. The number of amides is 1. The van der Waals surface area contributed by atoms with E-state index in [4.69, 9.17) is 16.3 Å². The summed E-state index contributed by atoms with van der Waals surface area (Å²) in [5, 5.41) is 5.65. The number of nitrogens with zero attached hydrogens (tertiary/aromatic N) is 3. The van der Waals surface area contributed by atoms with Crippen LogP contribution in [0.1, 0.15) is 13.3 Å². The van der Waals surface area contributed by atoms with Crippen LogP contribution in [0.25, 0.3) is 0 Å². The van der Waals surface area contributed by atoms with Gasteiger partial charge in [-0.15, -0.1) is 0 Å². The minimum Gasteiger partial charge on any atom is -0.477 e. The first kappa shape index (κ1) is 28.4. The zero-order chi connectivity index (χ0) is 27.1. The Morgan fingerprint density at radius 3 is 2.70 bits per heavy atom. The third-order valence-corrected chi connectivity index (χ3v) is 5.68. The van der Waals surface area contributed by atoms with Gasteiger partial charge in [-0.1, -0.05) is 23.8 Å². The lowest BCUT2D eigenvalue weighted by atomic mass is 10.0. The van der Waals surface area contributed by atoms with Crippen LogP contribution >= 0.6 is 34.2 Å². The van der Waals surface area contributed by atoms with Crippen LogP contribution in [-0.4, -0.2) is 43.8 Å². The average Bonchev–Trinajstić information content (AvgIpc) is 2.85. The van der Waals surface area contributed by atoms with Crippen LogP contribution in [0.5, 0.6) is 5.75 Å². The zero-order valence-corrected chi connectivity index (χ0v) is 22.8. The van der Waals surface area contributed by atoms with Gasteiger partial charge in [-0.05, 0) is 60.1 Å². The van der Waals surface area contributed by atoms with Gasteiger partial charge in [-0.3, -0.25) is 14.2 Å². The van der Waals surface area contributed by atoms with E-state index in [9.17, 15) is 23.6 Å². The molecule has 0 fully saturated rings. The van der Waals surface area contributed by atoms with Crippen molar-refractivity contribution < 1.29 is 23.5 Å². The highest BCUT2D eigenvalue weighted by Gasteiger charge is 2.20. The zero-order valence-electron chi connectivity index (χ0n) is 19.9. The van der Waals surface area contributed by atoms with Gasteiger partial charge in [0.1, 0.15) is 17.2 Å². The summed E-state index contributed by atoms with van der Waals surface area (Å²) in [7, 11) is 1.16. The lowest BCUT2D eigenvalue weighted by Gasteiger charge is -2.20. The first-order chi connectivity index (χ1) is 17.6. The Morgan fingerprint density at radius 2 is 2.08 bits per heavy atom. The summed E-state index contributed by atoms with van der Waals surface area (Å²) in [6.45, 7) is 0.753. The number of benzene rings is 1. The summed E-state index contributed by atoms with van der Waals surface area (Å²) in [5.74, 6) is -2.35. The van der Waals surface area contributed by atoms with Crippen LogP contribution in [0.15, 0.2) is 51.0 Å². The third-order valence-electron chi connectivity index (χ3n) is 5.15. The van der Waals surface area contributed by atoms with Crippen molar-refractivity contribution in [3.05, 3.63) is 68.2 Å². The largest absolute Gasteiger partial charge is 0.477 e. The molecule has 0 bridgehead atoms. The van der Waals surface area contributed by atoms with E-state index in [1.807, 2.05) is 28.7 Å². The number of hydrogen-bond acceptors (Lipinski definition) is 8. The van der Waals surface area contributed by atoms with E-state index in [1.54, 1.807) is 19.1 Å². The predicted octanol–water partition coefficient (Wildman–Crippen LogP) is 2.44. The molecule has 1 aromatic heterocycles. The molecule has 1 amide bonds. The number of methoxy groups -OCH3 is 1. The maximum atomic E-state index is 14.5. The molecule has 0 saturated heterocycles. The SMILES string of the molecule is COC(=O)CNC(=O)Cn1c(=O)nc(Nc2ccc(OC(C)I)c(F)c2)n(CC2C=CC(Cl)=CC2)c1=O. The van der Waals surface area contributed by atoms with Crippen LogP contribution in [0.2, 0.25) is 0 Å². The Morgan fingerprint density at radius 1 is 1.32 bits per heavy atom. The van der Waals surface area contributed by atoms with Crippen LogP contribution < -0.4 is 26.7 Å². The van der Waals surface area contributed by atoms with Gasteiger partial charge in [0.2, 0.25) is 11.9 Å².